The number of methoxy groups -OCH3 is 1. The van der Waals surface area contributed by atoms with E-state index in [1.807, 2.05) is 49.4 Å². The van der Waals surface area contributed by atoms with E-state index in [4.69, 9.17) is 21.7 Å². The Morgan fingerprint density at radius 3 is 1.91 bits per heavy atom. The molecule has 0 spiro atoms. The molecular weight excluding hydrogens is 563 g/mol. The minimum absolute atomic E-state index is 0.00952. The third-order valence-corrected chi connectivity index (χ3v) is 6.29. The average molecular weight is 584 g/mol. The van der Waals surface area contributed by atoms with Crippen molar-refractivity contribution in [3.8, 4) is 11.5 Å². The van der Waals surface area contributed by atoms with E-state index in [9.17, 15) is 9.59 Å². The third kappa shape index (κ3) is 4.55. The number of hydrogen-bond acceptors (Lipinski definition) is 5. The smallest absolute Gasteiger partial charge is 0.270 e. The number of amides is 2. The molecule has 1 aliphatic rings. The first kappa shape index (κ1) is 23.9. The van der Waals surface area contributed by atoms with Gasteiger partial charge in [0.25, 0.3) is 11.8 Å². The van der Waals surface area contributed by atoms with Crippen molar-refractivity contribution >= 4 is 69.2 Å². The topological polar surface area (TPSA) is 59.1 Å². The molecule has 0 atom stereocenters. The summed E-state index contributed by atoms with van der Waals surface area (Å²) in [6.45, 7) is 2.32. The molecule has 1 saturated heterocycles. The van der Waals surface area contributed by atoms with Crippen molar-refractivity contribution < 1.29 is 19.1 Å². The summed E-state index contributed by atoms with van der Waals surface area (Å²) in [5.74, 6) is 0.160. The number of thiocarbonyl (C=S) groups is 1. The van der Waals surface area contributed by atoms with Crippen LogP contribution < -0.4 is 19.3 Å². The van der Waals surface area contributed by atoms with Crippen LogP contribution in [0.2, 0.25) is 0 Å². The highest BCUT2D eigenvalue weighted by molar-refractivity contribution is 14.1. The van der Waals surface area contributed by atoms with Crippen LogP contribution >= 0.6 is 34.8 Å². The number of anilines is 2. The van der Waals surface area contributed by atoms with Crippen molar-refractivity contribution in [3.63, 3.8) is 0 Å². The van der Waals surface area contributed by atoms with E-state index in [1.54, 1.807) is 43.5 Å². The molecule has 0 bridgehead atoms. The lowest BCUT2D eigenvalue weighted by Gasteiger charge is -2.36. The predicted molar refractivity (Wildman–Crippen MR) is 145 cm³/mol. The highest BCUT2D eigenvalue weighted by atomic mass is 127. The fourth-order valence-corrected chi connectivity index (χ4v) is 4.86. The van der Waals surface area contributed by atoms with E-state index < -0.39 is 11.8 Å². The molecule has 3 aromatic carbocycles. The fourth-order valence-electron chi connectivity index (χ4n) is 3.64. The van der Waals surface area contributed by atoms with Crippen LogP contribution in [0.5, 0.6) is 11.5 Å². The zero-order valence-electron chi connectivity index (χ0n) is 18.5. The van der Waals surface area contributed by atoms with Gasteiger partial charge in [0.05, 0.1) is 28.7 Å². The summed E-state index contributed by atoms with van der Waals surface area (Å²) >= 11 is 7.78. The molecule has 1 heterocycles. The van der Waals surface area contributed by atoms with Gasteiger partial charge in [-0.05, 0) is 89.8 Å². The molecular formula is C26H21IN2O4S. The number of nitrogens with zero attached hydrogens (tertiary/aromatic N) is 2. The first-order valence-corrected chi connectivity index (χ1v) is 12.0. The third-order valence-electron chi connectivity index (χ3n) is 5.13. The van der Waals surface area contributed by atoms with Gasteiger partial charge in [-0.15, -0.1) is 0 Å². The molecule has 0 unspecified atom stereocenters. The SMILES string of the molecule is CCOc1cc(C=C2C(=O)N(c3ccccc3)C(=S)N(c3ccccc3)C2=O)cc(I)c1OC. The van der Waals surface area contributed by atoms with Crippen LogP contribution in [-0.4, -0.2) is 30.6 Å². The number of ether oxygens (including phenoxy) is 2. The Morgan fingerprint density at radius 1 is 0.912 bits per heavy atom. The van der Waals surface area contributed by atoms with E-state index >= 15 is 0 Å². The Balaban J connectivity index is 1.87. The average Bonchev–Trinajstić information content (AvgIpc) is 2.83. The number of para-hydroxylation sites is 2. The molecule has 172 valence electrons. The van der Waals surface area contributed by atoms with Gasteiger partial charge >= 0.3 is 0 Å². The standard InChI is InChI=1S/C26H21IN2O4S/c1-3-33-22-16-17(15-21(27)23(22)32-2)14-20-24(30)28(18-10-6-4-7-11-18)26(34)29(25(20)31)19-12-8-5-9-13-19/h4-16H,3H2,1-2H3. The van der Waals surface area contributed by atoms with Crippen molar-refractivity contribution in [1.29, 1.82) is 0 Å². The van der Waals surface area contributed by atoms with E-state index in [2.05, 4.69) is 22.6 Å². The van der Waals surface area contributed by atoms with Crippen LogP contribution in [0.15, 0.2) is 78.4 Å². The summed E-state index contributed by atoms with van der Waals surface area (Å²) in [5.41, 5.74) is 1.79. The zero-order chi connectivity index (χ0) is 24.2. The predicted octanol–water partition coefficient (Wildman–Crippen LogP) is 5.45. The zero-order valence-corrected chi connectivity index (χ0v) is 21.5. The van der Waals surface area contributed by atoms with Crippen molar-refractivity contribution in [3.05, 3.63) is 87.5 Å². The summed E-state index contributed by atoms with van der Waals surface area (Å²) < 4.78 is 12.0. The van der Waals surface area contributed by atoms with Gasteiger partial charge in [-0.25, -0.2) is 0 Å². The molecule has 34 heavy (non-hydrogen) atoms. The lowest BCUT2D eigenvalue weighted by molar-refractivity contribution is -0.120. The van der Waals surface area contributed by atoms with E-state index in [0.717, 1.165) is 3.57 Å². The molecule has 8 heteroatoms. The quantitative estimate of drug-likeness (QED) is 0.167. The van der Waals surface area contributed by atoms with Crippen molar-refractivity contribution in [2.24, 2.45) is 0 Å². The second-order valence-electron chi connectivity index (χ2n) is 7.26. The number of carbonyl (C=O) groups is 2. The Bertz CT molecular complexity index is 1220. The van der Waals surface area contributed by atoms with Crippen LogP contribution in [0.25, 0.3) is 6.08 Å². The van der Waals surface area contributed by atoms with Gasteiger partial charge in [0.2, 0.25) is 0 Å². The first-order chi connectivity index (χ1) is 16.5. The maximum atomic E-state index is 13.6. The minimum Gasteiger partial charge on any atom is -0.492 e. The van der Waals surface area contributed by atoms with E-state index in [1.165, 1.54) is 9.80 Å². The van der Waals surface area contributed by atoms with E-state index in [0.29, 0.717) is 35.0 Å². The van der Waals surface area contributed by atoms with E-state index in [-0.39, 0.29) is 10.7 Å². The van der Waals surface area contributed by atoms with Crippen molar-refractivity contribution in [2.75, 3.05) is 23.5 Å². The second-order valence-corrected chi connectivity index (χ2v) is 8.79. The summed E-state index contributed by atoms with van der Waals surface area (Å²) in [5, 5.41) is 0.101. The molecule has 0 saturated carbocycles. The van der Waals surface area contributed by atoms with Gasteiger partial charge in [-0.3, -0.25) is 19.4 Å². The fraction of sp³-hybridized carbons (Fsp3) is 0.115. The first-order valence-electron chi connectivity index (χ1n) is 10.5. The molecule has 0 aliphatic carbocycles. The second kappa shape index (κ2) is 10.4. The van der Waals surface area contributed by atoms with Crippen LogP contribution in [0.4, 0.5) is 11.4 Å². The summed E-state index contributed by atoms with van der Waals surface area (Å²) in [4.78, 5) is 30.0. The normalized spacial score (nSPS) is 13.9. The highest BCUT2D eigenvalue weighted by Crippen LogP contribution is 2.36. The van der Waals surface area contributed by atoms with Crippen molar-refractivity contribution in [1.82, 2.24) is 0 Å². The lowest BCUT2D eigenvalue weighted by atomic mass is 10.0. The number of halogens is 1. The highest BCUT2D eigenvalue weighted by Gasteiger charge is 2.41. The number of carbonyl (C=O) groups excluding carboxylic acids is 2. The van der Waals surface area contributed by atoms with Gasteiger partial charge in [0.15, 0.2) is 16.6 Å². The minimum atomic E-state index is -0.489. The molecule has 0 radical (unpaired) electrons. The maximum absolute atomic E-state index is 13.6. The van der Waals surface area contributed by atoms with Gasteiger partial charge < -0.3 is 9.47 Å². The van der Waals surface area contributed by atoms with Gasteiger partial charge in [-0.1, -0.05) is 36.4 Å². The lowest BCUT2D eigenvalue weighted by Crippen LogP contribution is -2.56. The molecule has 1 fully saturated rings. The number of hydrogen-bond donors (Lipinski definition) is 0. The summed E-state index contributed by atoms with van der Waals surface area (Å²) in [6.07, 6.45) is 1.57. The molecule has 2 amide bonds. The Hall–Kier alpha value is -3.24. The maximum Gasteiger partial charge on any atom is 0.270 e. The van der Waals surface area contributed by atoms with Gasteiger partial charge in [-0.2, -0.15) is 0 Å². The molecule has 3 aromatic rings. The largest absolute Gasteiger partial charge is 0.492 e. The van der Waals surface area contributed by atoms with Crippen LogP contribution in [0.3, 0.4) is 0 Å². The van der Waals surface area contributed by atoms with Crippen LogP contribution in [-0.2, 0) is 9.59 Å². The van der Waals surface area contributed by atoms with Crippen LogP contribution in [0.1, 0.15) is 12.5 Å². The van der Waals surface area contributed by atoms with Crippen molar-refractivity contribution in [2.45, 2.75) is 6.92 Å². The molecule has 6 nitrogen and oxygen atoms in total. The molecule has 4 rings (SSSR count). The monoisotopic (exact) mass is 584 g/mol. The molecule has 0 aromatic heterocycles. The summed E-state index contributed by atoms with van der Waals surface area (Å²) in [7, 11) is 1.57. The number of rotatable bonds is 6. The Morgan fingerprint density at radius 2 is 1.44 bits per heavy atom. The van der Waals surface area contributed by atoms with Gasteiger partial charge in [0.1, 0.15) is 5.57 Å². The molecule has 0 N–H and O–H groups in total. The summed E-state index contributed by atoms with van der Waals surface area (Å²) in [6, 6.07) is 21.7. The molecule has 1 aliphatic heterocycles. The number of benzene rings is 3. The Labute approximate surface area is 216 Å². The van der Waals surface area contributed by atoms with Crippen LogP contribution in [0, 0.1) is 3.57 Å². The Kier molecular flexibility index (Phi) is 7.28. The van der Waals surface area contributed by atoms with Gasteiger partial charge in [0, 0.05) is 0 Å².